The van der Waals surface area contributed by atoms with Gasteiger partial charge < -0.3 is 26.0 Å². The minimum atomic E-state index is -4.46. The summed E-state index contributed by atoms with van der Waals surface area (Å²) in [5.41, 5.74) is 6.61. The summed E-state index contributed by atoms with van der Waals surface area (Å²) in [5, 5.41) is 5.78. The molecule has 1 unspecified atom stereocenters. The number of allylic oxidation sites excluding steroid dienone is 1. The molecule has 0 aromatic heterocycles. The zero-order chi connectivity index (χ0) is 30.4. The average Bonchev–Trinajstić information content (AvgIpc) is 3.34. The number of primary amides is 1. The number of nitrogens with zero attached hydrogens (tertiary/aromatic N) is 3. The van der Waals surface area contributed by atoms with Crippen LogP contribution in [0.15, 0.2) is 65.8 Å². The highest BCUT2D eigenvalue weighted by molar-refractivity contribution is 6.43. The van der Waals surface area contributed by atoms with Crippen molar-refractivity contribution in [2.45, 2.75) is 32.1 Å². The number of carbonyl (C=O) groups excluding carboxylic acids is 2. The Balaban J connectivity index is 1.49. The number of benzene rings is 2. The number of aliphatic imine (C=N–C) groups is 1. The lowest BCUT2D eigenvalue weighted by molar-refractivity contribution is -0.137. The maximum atomic E-state index is 13.5. The molecule has 0 aliphatic carbocycles. The predicted octanol–water partition coefficient (Wildman–Crippen LogP) is 3.52. The Morgan fingerprint density at radius 1 is 1.19 bits per heavy atom. The Morgan fingerprint density at radius 2 is 1.88 bits per heavy atom. The summed E-state index contributed by atoms with van der Waals surface area (Å²) in [7, 11) is 2.02. The number of halogens is 3. The number of piperazine rings is 1. The standard InChI is InChI=1S/C30H35F3N6O3/c1-19(36-25-10-11-35-29(25)41)16-26(28(34)40)37-20(2)21-4-7-24(8-5-21)42-27-9-6-23(30(31,32)33)17-22(27)18-39-14-12-38(3)13-15-39/h4-9,16-17,25,36H,2,10-15,18H2,1,3H3,(H2,34,40)(H,35,41)/b19-16+,37-26?. The van der Waals surface area contributed by atoms with Crippen LogP contribution in [0.1, 0.15) is 30.0 Å². The molecule has 2 aliphatic heterocycles. The van der Waals surface area contributed by atoms with Crippen LogP contribution in [-0.4, -0.2) is 73.1 Å². The van der Waals surface area contributed by atoms with Crippen molar-refractivity contribution >= 4 is 23.2 Å². The van der Waals surface area contributed by atoms with E-state index in [0.29, 0.717) is 47.8 Å². The van der Waals surface area contributed by atoms with Crippen LogP contribution < -0.4 is 21.1 Å². The number of rotatable bonds is 10. The van der Waals surface area contributed by atoms with Crippen molar-refractivity contribution in [2.75, 3.05) is 39.8 Å². The number of hydrogen-bond acceptors (Lipinski definition) is 7. The topological polar surface area (TPSA) is 112 Å². The van der Waals surface area contributed by atoms with Crippen molar-refractivity contribution in [1.29, 1.82) is 0 Å². The van der Waals surface area contributed by atoms with Gasteiger partial charge in [-0.2, -0.15) is 13.2 Å². The van der Waals surface area contributed by atoms with Crippen molar-refractivity contribution in [3.05, 3.63) is 77.5 Å². The van der Waals surface area contributed by atoms with Crippen LogP contribution in [0.25, 0.3) is 5.70 Å². The zero-order valence-electron chi connectivity index (χ0n) is 23.6. The van der Waals surface area contributed by atoms with Gasteiger partial charge in [0.1, 0.15) is 23.3 Å². The molecule has 2 aromatic rings. The molecule has 0 bridgehead atoms. The third-order valence-corrected chi connectivity index (χ3v) is 7.10. The first-order valence-electron chi connectivity index (χ1n) is 13.6. The second kappa shape index (κ2) is 13.2. The fourth-order valence-electron chi connectivity index (χ4n) is 4.69. The van der Waals surface area contributed by atoms with Crippen LogP contribution in [0.3, 0.4) is 0 Å². The number of hydrogen-bond donors (Lipinski definition) is 3. The SMILES string of the molecule is C=C(N=C(/C=C(\C)NC1CCNC1=O)C(N)=O)c1ccc(Oc2ccc(C(F)(F)F)cc2CN2CCN(C)CC2)cc1. The van der Waals surface area contributed by atoms with E-state index in [1.165, 1.54) is 12.1 Å². The van der Waals surface area contributed by atoms with Gasteiger partial charge in [-0.1, -0.05) is 6.58 Å². The number of amides is 2. The van der Waals surface area contributed by atoms with E-state index in [-0.39, 0.29) is 17.3 Å². The van der Waals surface area contributed by atoms with Gasteiger partial charge in [-0.3, -0.25) is 14.5 Å². The average molecular weight is 585 g/mol. The first-order valence-corrected chi connectivity index (χ1v) is 13.6. The number of likely N-dealkylation sites (N-methyl/N-ethyl adjacent to an activating group) is 1. The van der Waals surface area contributed by atoms with Crippen LogP contribution in [-0.2, 0) is 22.3 Å². The van der Waals surface area contributed by atoms with E-state index in [1.54, 1.807) is 31.2 Å². The molecule has 0 saturated carbocycles. The number of carbonyl (C=O) groups is 2. The van der Waals surface area contributed by atoms with Crippen molar-refractivity contribution in [2.24, 2.45) is 10.7 Å². The first kappa shape index (κ1) is 30.8. The van der Waals surface area contributed by atoms with Crippen LogP contribution in [0.2, 0.25) is 0 Å². The maximum Gasteiger partial charge on any atom is 0.416 e. The van der Waals surface area contributed by atoms with Gasteiger partial charge in [0.15, 0.2) is 0 Å². The van der Waals surface area contributed by atoms with E-state index in [0.717, 1.165) is 38.3 Å². The Hall–Kier alpha value is -4.16. The quantitative estimate of drug-likeness (QED) is 0.369. The second-order valence-electron chi connectivity index (χ2n) is 10.4. The fourth-order valence-corrected chi connectivity index (χ4v) is 4.69. The highest BCUT2D eigenvalue weighted by Crippen LogP contribution is 2.35. The number of nitrogens with two attached hydrogens (primary N) is 1. The summed E-state index contributed by atoms with van der Waals surface area (Å²) in [5.74, 6) is -0.121. The monoisotopic (exact) mass is 584 g/mol. The third kappa shape index (κ3) is 8.20. The molecule has 2 saturated heterocycles. The molecule has 4 rings (SSSR count). The molecule has 1 atom stereocenters. The first-order chi connectivity index (χ1) is 19.9. The highest BCUT2D eigenvalue weighted by atomic mass is 19.4. The Morgan fingerprint density at radius 3 is 2.48 bits per heavy atom. The molecule has 2 fully saturated rings. The Bertz CT molecular complexity index is 1380. The molecule has 42 heavy (non-hydrogen) atoms. The van der Waals surface area contributed by atoms with Gasteiger partial charge in [-0.05, 0) is 74.5 Å². The van der Waals surface area contributed by atoms with Gasteiger partial charge >= 0.3 is 6.18 Å². The lowest BCUT2D eigenvalue weighted by atomic mass is 10.1. The predicted molar refractivity (Wildman–Crippen MR) is 155 cm³/mol. The molecule has 9 nitrogen and oxygen atoms in total. The van der Waals surface area contributed by atoms with Crippen LogP contribution in [0.4, 0.5) is 13.2 Å². The van der Waals surface area contributed by atoms with Crippen LogP contribution in [0.5, 0.6) is 11.5 Å². The second-order valence-corrected chi connectivity index (χ2v) is 10.4. The van der Waals surface area contributed by atoms with E-state index in [2.05, 4.69) is 32.0 Å². The van der Waals surface area contributed by atoms with E-state index < -0.39 is 23.7 Å². The number of ether oxygens (including phenoxy) is 1. The van der Waals surface area contributed by atoms with E-state index in [9.17, 15) is 22.8 Å². The summed E-state index contributed by atoms with van der Waals surface area (Å²) in [6, 6.07) is 9.79. The lowest BCUT2D eigenvalue weighted by Gasteiger charge is -2.32. The van der Waals surface area contributed by atoms with Crippen molar-refractivity contribution < 1.29 is 27.5 Å². The van der Waals surface area contributed by atoms with Crippen LogP contribution >= 0.6 is 0 Å². The van der Waals surface area contributed by atoms with Gasteiger partial charge in [0.2, 0.25) is 5.91 Å². The van der Waals surface area contributed by atoms with Crippen LogP contribution in [0, 0.1) is 0 Å². The normalized spacial score (nSPS) is 19.0. The van der Waals surface area contributed by atoms with Crippen molar-refractivity contribution in [3.8, 4) is 11.5 Å². The molecule has 2 aliphatic rings. The molecule has 4 N–H and O–H groups in total. The molecule has 2 amide bonds. The molecular weight excluding hydrogens is 549 g/mol. The van der Waals surface area contributed by atoms with Gasteiger partial charge in [-0.15, -0.1) is 0 Å². The molecule has 0 spiro atoms. The Kier molecular flexibility index (Phi) is 9.69. The number of nitrogens with one attached hydrogen (secondary N) is 2. The summed E-state index contributed by atoms with van der Waals surface area (Å²) < 4.78 is 46.4. The molecule has 0 radical (unpaired) electrons. The van der Waals surface area contributed by atoms with Gasteiger partial charge in [0, 0.05) is 50.5 Å². The summed E-state index contributed by atoms with van der Waals surface area (Å²) in [4.78, 5) is 32.4. The molecular formula is C30H35F3N6O3. The maximum absolute atomic E-state index is 13.5. The van der Waals surface area contributed by atoms with Crippen molar-refractivity contribution in [1.82, 2.24) is 20.4 Å². The lowest BCUT2D eigenvalue weighted by Crippen LogP contribution is -2.43. The van der Waals surface area contributed by atoms with Gasteiger partial charge in [0.05, 0.1) is 11.3 Å². The van der Waals surface area contributed by atoms with Gasteiger partial charge in [0.25, 0.3) is 5.91 Å². The van der Waals surface area contributed by atoms with E-state index in [4.69, 9.17) is 10.5 Å². The molecule has 224 valence electrons. The minimum Gasteiger partial charge on any atom is -0.457 e. The van der Waals surface area contributed by atoms with Gasteiger partial charge in [-0.25, -0.2) is 4.99 Å². The summed E-state index contributed by atoms with van der Waals surface area (Å²) >= 11 is 0. The minimum absolute atomic E-state index is 0.0398. The fraction of sp³-hybridized carbons (Fsp3) is 0.367. The Labute approximate surface area is 242 Å². The third-order valence-electron chi connectivity index (χ3n) is 7.10. The smallest absolute Gasteiger partial charge is 0.416 e. The molecule has 12 heteroatoms. The largest absolute Gasteiger partial charge is 0.457 e. The summed E-state index contributed by atoms with van der Waals surface area (Å²) in [6.45, 7) is 9.72. The molecule has 2 aromatic carbocycles. The van der Waals surface area contributed by atoms with E-state index in [1.807, 2.05) is 7.05 Å². The van der Waals surface area contributed by atoms with Crippen molar-refractivity contribution in [3.63, 3.8) is 0 Å². The summed E-state index contributed by atoms with van der Waals surface area (Å²) in [6.07, 6.45) is -2.38. The van der Waals surface area contributed by atoms with E-state index >= 15 is 0 Å². The molecule has 2 heterocycles. The highest BCUT2D eigenvalue weighted by Gasteiger charge is 2.31. The zero-order valence-corrected chi connectivity index (χ0v) is 23.6. The number of alkyl halides is 3.